The molecule has 2 nitrogen and oxygen atoms in total. The van der Waals surface area contributed by atoms with Gasteiger partial charge in [0.05, 0.1) is 6.10 Å². The summed E-state index contributed by atoms with van der Waals surface area (Å²) < 4.78 is 5.59. The van der Waals surface area contributed by atoms with E-state index in [-0.39, 0.29) is 6.04 Å². The van der Waals surface area contributed by atoms with Gasteiger partial charge in [0.25, 0.3) is 0 Å². The predicted octanol–water partition coefficient (Wildman–Crippen LogP) is 1.54. The van der Waals surface area contributed by atoms with Crippen LogP contribution >= 0.6 is 0 Å². The molecular formula is C11H19NO. The van der Waals surface area contributed by atoms with Gasteiger partial charge in [0.1, 0.15) is 0 Å². The number of rotatable bonds is 3. The maximum Gasteiger partial charge on any atom is 0.0616 e. The third kappa shape index (κ3) is 2.72. The van der Waals surface area contributed by atoms with Gasteiger partial charge < -0.3 is 10.5 Å². The van der Waals surface area contributed by atoms with Crippen molar-refractivity contribution in [3.8, 4) is 11.8 Å². The molecule has 3 unspecified atom stereocenters. The molecule has 0 aliphatic carbocycles. The Bertz CT molecular complexity index is 204. The molecule has 1 aliphatic heterocycles. The lowest BCUT2D eigenvalue weighted by molar-refractivity contribution is 0.0818. The highest BCUT2D eigenvalue weighted by molar-refractivity contribution is 5.00. The minimum absolute atomic E-state index is 0.194. The first-order valence-electron chi connectivity index (χ1n) is 5.06. The average molecular weight is 181 g/mol. The minimum atomic E-state index is 0.194. The van der Waals surface area contributed by atoms with Gasteiger partial charge in [-0.2, -0.15) is 0 Å². The molecule has 0 amide bonds. The van der Waals surface area contributed by atoms with E-state index in [1.165, 1.54) is 0 Å². The minimum Gasteiger partial charge on any atom is -0.378 e. The molecule has 0 radical (unpaired) electrons. The smallest absolute Gasteiger partial charge is 0.0616 e. The maximum atomic E-state index is 6.05. The van der Waals surface area contributed by atoms with Crippen molar-refractivity contribution in [1.82, 2.24) is 0 Å². The summed E-state index contributed by atoms with van der Waals surface area (Å²) in [7, 11) is 0. The van der Waals surface area contributed by atoms with Crippen LogP contribution in [0.2, 0.25) is 0 Å². The van der Waals surface area contributed by atoms with Crippen LogP contribution in [0.4, 0.5) is 0 Å². The highest BCUT2D eigenvalue weighted by atomic mass is 16.5. The molecule has 0 bridgehead atoms. The molecule has 0 saturated carbocycles. The summed E-state index contributed by atoms with van der Waals surface area (Å²) in [5, 5.41) is 0. The lowest BCUT2D eigenvalue weighted by Gasteiger charge is -2.21. The van der Waals surface area contributed by atoms with Crippen molar-refractivity contribution in [1.29, 1.82) is 0 Å². The third-order valence-electron chi connectivity index (χ3n) is 2.73. The summed E-state index contributed by atoms with van der Waals surface area (Å²) in [5.41, 5.74) is 6.05. The number of hydrogen-bond acceptors (Lipinski definition) is 2. The molecule has 0 aromatic carbocycles. The second-order valence-corrected chi connectivity index (χ2v) is 3.56. The lowest BCUT2D eigenvalue weighted by Crippen LogP contribution is -2.34. The van der Waals surface area contributed by atoms with Crippen LogP contribution in [0.1, 0.15) is 33.1 Å². The lowest BCUT2D eigenvalue weighted by atomic mass is 9.90. The van der Waals surface area contributed by atoms with Crippen LogP contribution in [-0.2, 0) is 4.74 Å². The molecule has 13 heavy (non-hydrogen) atoms. The second-order valence-electron chi connectivity index (χ2n) is 3.56. The summed E-state index contributed by atoms with van der Waals surface area (Å²) in [6, 6.07) is 0.194. The fraction of sp³-hybridized carbons (Fsp3) is 0.818. The Kier molecular flexibility index (Phi) is 4.27. The van der Waals surface area contributed by atoms with Gasteiger partial charge in [-0.1, -0.05) is 6.92 Å². The molecule has 0 spiro atoms. The Labute approximate surface area is 80.8 Å². The Morgan fingerprint density at radius 3 is 3.00 bits per heavy atom. The van der Waals surface area contributed by atoms with Crippen LogP contribution in [0, 0.1) is 17.8 Å². The monoisotopic (exact) mass is 181 g/mol. The fourth-order valence-electron chi connectivity index (χ4n) is 1.95. The Balaban J connectivity index is 2.43. The second kappa shape index (κ2) is 5.26. The first-order chi connectivity index (χ1) is 6.29. The highest BCUT2D eigenvalue weighted by Gasteiger charge is 2.30. The van der Waals surface area contributed by atoms with E-state index in [0.29, 0.717) is 12.0 Å². The van der Waals surface area contributed by atoms with E-state index in [2.05, 4.69) is 18.8 Å². The quantitative estimate of drug-likeness (QED) is 0.670. The van der Waals surface area contributed by atoms with Crippen LogP contribution in [0.5, 0.6) is 0 Å². The van der Waals surface area contributed by atoms with Crippen molar-refractivity contribution in [3.63, 3.8) is 0 Å². The van der Waals surface area contributed by atoms with Gasteiger partial charge >= 0.3 is 0 Å². The van der Waals surface area contributed by atoms with Gasteiger partial charge in [0.15, 0.2) is 0 Å². The molecular weight excluding hydrogens is 162 g/mol. The summed E-state index contributed by atoms with van der Waals surface area (Å²) in [5.74, 6) is 6.44. The summed E-state index contributed by atoms with van der Waals surface area (Å²) in [6.07, 6.45) is 3.35. The summed E-state index contributed by atoms with van der Waals surface area (Å²) in [4.78, 5) is 0. The number of hydrogen-bond donors (Lipinski definition) is 1. The van der Waals surface area contributed by atoms with Crippen molar-refractivity contribution in [3.05, 3.63) is 0 Å². The summed E-state index contributed by atoms with van der Waals surface area (Å²) in [6.45, 7) is 4.88. The predicted molar refractivity (Wildman–Crippen MR) is 54.2 cm³/mol. The summed E-state index contributed by atoms with van der Waals surface area (Å²) >= 11 is 0. The average Bonchev–Trinajstić information content (AvgIpc) is 2.61. The first kappa shape index (κ1) is 10.6. The van der Waals surface area contributed by atoms with E-state index < -0.39 is 0 Å². The number of ether oxygens (including phenoxy) is 1. The molecule has 2 heteroatoms. The van der Waals surface area contributed by atoms with Crippen LogP contribution in [0.15, 0.2) is 0 Å². The van der Waals surface area contributed by atoms with E-state index in [9.17, 15) is 0 Å². The van der Waals surface area contributed by atoms with Crippen molar-refractivity contribution >= 4 is 0 Å². The maximum absolute atomic E-state index is 6.05. The van der Waals surface area contributed by atoms with Crippen LogP contribution in [0.3, 0.4) is 0 Å². The third-order valence-corrected chi connectivity index (χ3v) is 2.73. The van der Waals surface area contributed by atoms with Crippen LogP contribution < -0.4 is 5.73 Å². The van der Waals surface area contributed by atoms with Gasteiger partial charge in [0, 0.05) is 25.0 Å². The van der Waals surface area contributed by atoms with E-state index in [4.69, 9.17) is 10.5 Å². The Morgan fingerprint density at radius 2 is 2.38 bits per heavy atom. The number of nitrogens with two attached hydrogens (primary N) is 1. The first-order valence-corrected chi connectivity index (χ1v) is 5.06. The van der Waals surface area contributed by atoms with Gasteiger partial charge in [-0.25, -0.2) is 0 Å². The zero-order valence-electron chi connectivity index (χ0n) is 8.55. The van der Waals surface area contributed by atoms with E-state index in [1.807, 2.05) is 6.92 Å². The van der Waals surface area contributed by atoms with Crippen molar-refractivity contribution in [2.45, 2.75) is 45.3 Å². The van der Waals surface area contributed by atoms with E-state index in [1.54, 1.807) is 0 Å². The standard InChI is InChI=1S/C11H19NO/c1-3-5-6-10(12)9-7-8-13-11(9)4-2/h9-11H,4,6-8,12H2,1-2H3. The van der Waals surface area contributed by atoms with Gasteiger partial charge in [-0.05, 0) is 19.8 Å². The molecule has 1 fully saturated rings. The zero-order chi connectivity index (χ0) is 9.68. The molecule has 3 atom stereocenters. The topological polar surface area (TPSA) is 35.2 Å². The fourth-order valence-corrected chi connectivity index (χ4v) is 1.95. The Hall–Kier alpha value is -0.520. The molecule has 74 valence electrons. The van der Waals surface area contributed by atoms with Gasteiger partial charge in [-0.3, -0.25) is 0 Å². The normalized spacial score (nSPS) is 29.5. The molecule has 0 aromatic rings. The largest absolute Gasteiger partial charge is 0.378 e. The van der Waals surface area contributed by atoms with Gasteiger partial charge in [-0.15, -0.1) is 11.8 Å². The molecule has 0 aromatic heterocycles. The van der Waals surface area contributed by atoms with Crippen molar-refractivity contribution in [2.75, 3.05) is 6.61 Å². The van der Waals surface area contributed by atoms with Crippen LogP contribution in [0.25, 0.3) is 0 Å². The molecule has 1 heterocycles. The Morgan fingerprint density at radius 1 is 1.62 bits per heavy atom. The zero-order valence-corrected chi connectivity index (χ0v) is 8.55. The molecule has 1 rings (SSSR count). The van der Waals surface area contributed by atoms with Crippen LogP contribution in [-0.4, -0.2) is 18.8 Å². The van der Waals surface area contributed by atoms with Gasteiger partial charge in [0.2, 0.25) is 0 Å². The van der Waals surface area contributed by atoms with Crippen molar-refractivity contribution < 1.29 is 4.74 Å². The molecule has 1 aliphatic rings. The SMILES string of the molecule is CC#CCC(N)C1CCOC1CC. The van der Waals surface area contributed by atoms with E-state index >= 15 is 0 Å². The molecule has 2 N–H and O–H groups in total. The van der Waals surface area contributed by atoms with Crippen molar-refractivity contribution in [2.24, 2.45) is 11.7 Å². The highest BCUT2D eigenvalue weighted by Crippen LogP contribution is 2.26. The molecule has 1 saturated heterocycles. The van der Waals surface area contributed by atoms with E-state index in [0.717, 1.165) is 25.9 Å².